The molecular weight excluding hydrogens is 689 g/mol. The van der Waals surface area contributed by atoms with E-state index in [9.17, 15) is 0 Å². The summed E-state index contributed by atoms with van der Waals surface area (Å²) < 4.78 is 4.90. The zero-order valence-corrected chi connectivity index (χ0v) is 31.9. The smallest absolute Gasteiger partial charge is 0.0547 e. The molecule has 2 aromatic heterocycles. The van der Waals surface area contributed by atoms with Gasteiger partial charge in [0.15, 0.2) is 0 Å². The first-order chi connectivity index (χ1) is 28.0. The van der Waals surface area contributed by atoms with Gasteiger partial charge in [-0.2, -0.15) is 0 Å². The van der Waals surface area contributed by atoms with Crippen LogP contribution in [-0.2, 0) is 5.41 Å². The molecule has 2 heterocycles. The molecule has 0 bridgehead atoms. The monoisotopic (exact) mass is 726 g/mol. The van der Waals surface area contributed by atoms with Crippen LogP contribution in [0.15, 0.2) is 194 Å². The minimum absolute atomic E-state index is 0.0734. The lowest BCUT2D eigenvalue weighted by Crippen LogP contribution is -2.15. The Morgan fingerprint density at radius 1 is 0.316 bits per heavy atom. The standard InChI is InChI=1S/C55H38N2/c1-55(2)49-19-8-5-15-43(49)44-31-28-40(34-50(44)55)57-52-21-10-7-17-46(52)48-30-25-38(33-54(48)57)37-24-29-47-45-16-6-9-20-51(45)56(53(47)32-37)39-26-22-36(23-27-39)42-18-11-13-35-12-3-4-14-41(35)42/h3-34H,1-2H3. The van der Waals surface area contributed by atoms with Gasteiger partial charge in [-0.15, -0.1) is 0 Å². The fourth-order valence-electron chi connectivity index (χ4n) is 9.96. The predicted molar refractivity (Wildman–Crippen MR) is 241 cm³/mol. The van der Waals surface area contributed by atoms with Gasteiger partial charge in [0.05, 0.1) is 22.1 Å². The van der Waals surface area contributed by atoms with Crippen LogP contribution in [0.2, 0.25) is 0 Å². The first-order valence-electron chi connectivity index (χ1n) is 19.9. The maximum Gasteiger partial charge on any atom is 0.0547 e. The number of benzene rings is 9. The number of fused-ring (bicyclic) bond motifs is 10. The molecule has 2 heteroatoms. The zero-order chi connectivity index (χ0) is 37.8. The van der Waals surface area contributed by atoms with Crippen molar-refractivity contribution in [2.24, 2.45) is 0 Å². The lowest BCUT2D eigenvalue weighted by molar-refractivity contribution is 0.660. The van der Waals surface area contributed by atoms with Crippen LogP contribution in [-0.4, -0.2) is 9.13 Å². The van der Waals surface area contributed by atoms with Crippen molar-refractivity contribution in [2.75, 3.05) is 0 Å². The highest BCUT2D eigenvalue weighted by molar-refractivity contribution is 6.12. The van der Waals surface area contributed by atoms with Crippen molar-refractivity contribution >= 4 is 54.4 Å². The van der Waals surface area contributed by atoms with Gasteiger partial charge in [-0.05, 0) is 104 Å². The Morgan fingerprint density at radius 2 is 0.807 bits per heavy atom. The Kier molecular flexibility index (Phi) is 6.72. The van der Waals surface area contributed by atoms with E-state index in [0.717, 1.165) is 5.69 Å². The molecule has 0 fully saturated rings. The molecule has 0 saturated carbocycles. The first-order valence-corrected chi connectivity index (χ1v) is 19.9. The van der Waals surface area contributed by atoms with Crippen molar-refractivity contribution in [3.8, 4) is 44.8 Å². The topological polar surface area (TPSA) is 9.86 Å². The van der Waals surface area contributed by atoms with Crippen LogP contribution in [0, 0.1) is 0 Å². The third-order valence-corrected chi connectivity index (χ3v) is 12.7. The molecule has 0 unspecified atom stereocenters. The Labute approximate surface area is 331 Å². The summed E-state index contributed by atoms with van der Waals surface area (Å²) >= 11 is 0. The fraction of sp³-hybridized carbons (Fsp3) is 0.0545. The molecule has 9 aromatic carbocycles. The van der Waals surface area contributed by atoms with E-state index >= 15 is 0 Å². The highest BCUT2D eigenvalue weighted by Gasteiger charge is 2.35. The van der Waals surface area contributed by atoms with E-state index in [1.165, 1.54) is 105 Å². The van der Waals surface area contributed by atoms with E-state index in [2.05, 4.69) is 217 Å². The molecule has 0 atom stereocenters. The number of rotatable bonds is 4. The molecule has 11 aromatic rings. The Hall–Kier alpha value is -7.16. The van der Waals surface area contributed by atoms with E-state index in [1.807, 2.05) is 0 Å². The highest BCUT2D eigenvalue weighted by Crippen LogP contribution is 2.49. The molecular formula is C55H38N2. The largest absolute Gasteiger partial charge is 0.309 e. The molecule has 0 saturated heterocycles. The van der Waals surface area contributed by atoms with Gasteiger partial charge in [0.2, 0.25) is 0 Å². The quantitative estimate of drug-likeness (QED) is 0.171. The second kappa shape index (κ2) is 11.9. The van der Waals surface area contributed by atoms with E-state index in [1.54, 1.807) is 0 Å². The summed E-state index contributed by atoms with van der Waals surface area (Å²) in [5.41, 5.74) is 17.5. The molecule has 0 radical (unpaired) electrons. The molecule has 0 N–H and O–H groups in total. The molecule has 57 heavy (non-hydrogen) atoms. The van der Waals surface area contributed by atoms with Crippen LogP contribution in [0.1, 0.15) is 25.0 Å². The summed E-state index contributed by atoms with van der Waals surface area (Å²) in [7, 11) is 0. The molecule has 1 aliphatic rings. The maximum atomic E-state index is 2.47. The molecule has 268 valence electrons. The minimum Gasteiger partial charge on any atom is -0.309 e. The Balaban J connectivity index is 1.02. The van der Waals surface area contributed by atoms with Gasteiger partial charge in [0.1, 0.15) is 0 Å². The van der Waals surface area contributed by atoms with Gasteiger partial charge in [0, 0.05) is 38.3 Å². The van der Waals surface area contributed by atoms with E-state index in [0.29, 0.717) is 0 Å². The zero-order valence-electron chi connectivity index (χ0n) is 31.9. The molecule has 0 aliphatic heterocycles. The van der Waals surface area contributed by atoms with Gasteiger partial charge in [-0.3, -0.25) is 0 Å². The summed E-state index contributed by atoms with van der Waals surface area (Å²) in [6, 6.07) is 71.9. The summed E-state index contributed by atoms with van der Waals surface area (Å²) in [5, 5.41) is 7.58. The number of para-hydroxylation sites is 2. The summed E-state index contributed by atoms with van der Waals surface area (Å²) in [6.07, 6.45) is 0. The summed E-state index contributed by atoms with van der Waals surface area (Å²) in [5.74, 6) is 0. The van der Waals surface area contributed by atoms with Gasteiger partial charge in [0.25, 0.3) is 0 Å². The Bertz CT molecular complexity index is 3420. The number of hydrogen-bond donors (Lipinski definition) is 0. The lowest BCUT2D eigenvalue weighted by Gasteiger charge is -2.22. The van der Waals surface area contributed by atoms with Crippen LogP contribution in [0.25, 0.3) is 99.1 Å². The van der Waals surface area contributed by atoms with Crippen LogP contribution in [0.4, 0.5) is 0 Å². The average molecular weight is 727 g/mol. The third kappa shape index (κ3) is 4.65. The van der Waals surface area contributed by atoms with Crippen molar-refractivity contribution in [2.45, 2.75) is 19.3 Å². The van der Waals surface area contributed by atoms with Crippen molar-refractivity contribution in [1.82, 2.24) is 9.13 Å². The van der Waals surface area contributed by atoms with Gasteiger partial charge in [-0.1, -0.05) is 159 Å². The fourth-order valence-corrected chi connectivity index (χ4v) is 9.96. The normalized spacial score (nSPS) is 13.2. The number of hydrogen-bond acceptors (Lipinski definition) is 0. The van der Waals surface area contributed by atoms with Crippen LogP contribution in [0.3, 0.4) is 0 Å². The Morgan fingerprint density at radius 3 is 1.51 bits per heavy atom. The van der Waals surface area contributed by atoms with Crippen molar-refractivity contribution in [1.29, 1.82) is 0 Å². The van der Waals surface area contributed by atoms with Gasteiger partial charge < -0.3 is 9.13 Å². The molecule has 0 amide bonds. The predicted octanol–water partition coefficient (Wildman–Crippen LogP) is 14.7. The van der Waals surface area contributed by atoms with Crippen LogP contribution >= 0.6 is 0 Å². The maximum absolute atomic E-state index is 2.47. The minimum atomic E-state index is -0.0734. The number of nitrogens with zero attached hydrogens (tertiary/aromatic N) is 2. The van der Waals surface area contributed by atoms with Crippen molar-refractivity contribution < 1.29 is 0 Å². The van der Waals surface area contributed by atoms with Gasteiger partial charge >= 0.3 is 0 Å². The average Bonchev–Trinajstić information content (AvgIpc) is 3.86. The molecule has 1 aliphatic carbocycles. The SMILES string of the molecule is CC1(C)c2ccccc2-c2ccc(-n3c4ccccc4c4ccc(-c5ccc6c7ccccc7n(-c7ccc(-c8cccc9ccccc89)cc7)c6c5)cc43)cc21. The van der Waals surface area contributed by atoms with E-state index in [4.69, 9.17) is 0 Å². The second-order valence-electron chi connectivity index (χ2n) is 16.1. The second-order valence-corrected chi connectivity index (χ2v) is 16.1. The summed E-state index contributed by atoms with van der Waals surface area (Å²) in [4.78, 5) is 0. The number of aromatic nitrogens is 2. The van der Waals surface area contributed by atoms with Crippen molar-refractivity contribution in [3.05, 3.63) is 205 Å². The summed E-state index contributed by atoms with van der Waals surface area (Å²) in [6.45, 7) is 4.72. The lowest BCUT2D eigenvalue weighted by atomic mass is 9.82. The van der Waals surface area contributed by atoms with E-state index < -0.39 is 0 Å². The highest BCUT2D eigenvalue weighted by atomic mass is 15.0. The molecule has 0 spiro atoms. The van der Waals surface area contributed by atoms with E-state index in [-0.39, 0.29) is 5.41 Å². The first kappa shape index (κ1) is 32.1. The third-order valence-electron chi connectivity index (χ3n) is 12.7. The van der Waals surface area contributed by atoms with Crippen LogP contribution in [0.5, 0.6) is 0 Å². The molecule has 2 nitrogen and oxygen atoms in total. The van der Waals surface area contributed by atoms with Crippen molar-refractivity contribution in [3.63, 3.8) is 0 Å². The van der Waals surface area contributed by atoms with Gasteiger partial charge in [-0.25, -0.2) is 0 Å². The molecule has 12 rings (SSSR count). The van der Waals surface area contributed by atoms with Crippen LogP contribution < -0.4 is 0 Å².